The highest BCUT2D eigenvalue weighted by Gasteiger charge is 2.20. The number of hydrogen-bond donors (Lipinski definition) is 1. The van der Waals surface area contributed by atoms with E-state index in [4.69, 9.17) is 4.42 Å². The molecule has 0 saturated carbocycles. The number of anilines is 1. The van der Waals surface area contributed by atoms with Crippen LogP contribution >= 0.6 is 11.8 Å². The molecule has 1 atom stereocenters. The summed E-state index contributed by atoms with van der Waals surface area (Å²) in [5, 5.41) is 10.7. The van der Waals surface area contributed by atoms with Crippen LogP contribution in [0.2, 0.25) is 0 Å². The van der Waals surface area contributed by atoms with E-state index >= 15 is 0 Å². The summed E-state index contributed by atoms with van der Waals surface area (Å²) in [6.45, 7) is 7.28. The first-order valence-electron chi connectivity index (χ1n) is 8.83. The predicted molar refractivity (Wildman–Crippen MR) is 110 cm³/mol. The minimum absolute atomic E-state index is 0.105. The fourth-order valence-corrected chi connectivity index (χ4v) is 3.27. The van der Waals surface area contributed by atoms with Crippen molar-refractivity contribution in [1.82, 2.24) is 10.2 Å². The molecule has 1 heterocycles. The van der Waals surface area contributed by atoms with Gasteiger partial charge in [-0.2, -0.15) is 0 Å². The van der Waals surface area contributed by atoms with Crippen molar-refractivity contribution in [2.75, 3.05) is 5.32 Å². The largest absolute Gasteiger partial charge is 0.411 e. The number of rotatable bonds is 6. The Morgan fingerprint density at radius 3 is 2.54 bits per heavy atom. The van der Waals surface area contributed by atoms with Gasteiger partial charge >= 0.3 is 0 Å². The highest BCUT2D eigenvalue weighted by Crippen LogP contribution is 2.28. The summed E-state index contributed by atoms with van der Waals surface area (Å²) in [5.41, 5.74) is 4.14. The van der Waals surface area contributed by atoms with Crippen LogP contribution in [0.1, 0.15) is 35.3 Å². The second-order valence-corrected chi connectivity index (χ2v) is 7.82. The van der Waals surface area contributed by atoms with Crippen molar-refractivity contribution < 1.29 is 14.0 Å². The highest BCUT2D eigenvalue weighted by atomic mass is 32.2. The van der Waals surface area contributed by atoms with Gasteiger partial charge in [0.1, 0.15) is 0 Å². The summed E-state index contributed by atoms with van der Waals surface area (Å²) in [6.07, 6.45) is 0. The summed E-state index contributed by atoms with van der Waals surface area (Å²) in [7, 11) is 0. The number of nitrogens with one attached hydrogen (secondary N) is 1. The molecule has 6 nitrogen and oxygen atoms in total. The average molecular weight is 395 g/mol. The van der Waals surface area contributed by atoms with Gasteiger partial charge in [0.25, 0.3) is 5.22 Å². The zero-order valence-corrected chi connectivity index (χ0v) is 17.0. The Labute approximate surface area is 167 Å². The monoisotopic (exact) mass is 395 g/mol. The number of hydrogen-bond acceptors (Lipinski definition) is 6. The molecule has 3 rings (SSSR count). The maximum Gasteiger partial charge on any atom is 0.277 e. The van der Waals surface area contributed by atoms with Crippen molar-refractivity contribution in [3.8, 4) is 11.5 Å². The molecule has 144 valence electrons. The van der Waals surface area contributed by atoms with Crippen molar-refractivity contribution in [2.45, 2.75) is 38.2 Å². The van der Waals surface area contributed by atoms with Crippen LogP contribution in [0.5, 0.6) is 0 Å². The number of carbonyl (C=O) groups is 2. The maximum atomic E-state index is 12.5. The van der Waals surface area contributed by atoms with Gasteiger partial charge < -0.3 is 9.73 Å². The topological polar surface area (TPSA) is 85.1 Å². The molecule has 0 bridgehead atoms. The molecule has 0 unspecified atom stereocenters. The molecule has 2 aromatic carbocycles. The first kappa shape index (κ1) is 19.8. The Hall–Kier alpha value is -2.93. The molecule has 0 aliphatic carbocycles. The Bertz CT molecular complexity index is 1030. The molecule has 0 aliphatic rings. The molecule has 0 aliphatic heterocycles. The van der Waals surface area contributed by atoms with E-state index in [9.17, 15) is 9.59 Å². The van der Waals surface area contributed by atoms with Gasteiger partial charge in [-0.25, -0.2) is 0 Å². The molecule has 1 N–H and O–H groups in total. The molecule has 0 saturated heterocycles. The quantitative estimate of drug-likeness (QED) is 0.482. The molecular formula is C21H21N3O3S. The maximum absolute atomic E-state index is 12.5. The molecule has 28 heavy (non-hydrogen) atoms. The number of para-hydroxylation sites is 1. The number of carbonyl (C=O) groups excluding carboxylic acids is 2. The lowest BCUT2D eigenvalue weighted by Gasteiger charge is -2.12. The lowest BCUT2D eigenvalue weighted by molar-refractivity contribution is -0.115. The van der Waals surface area contributed by atoms with Gasteiger partial charge in [-0.1, -0.05) is 30.0 Å². The highest BCUT2D eigenvalue weighted by molar-refractivity contribution is 8.00. The van der Waals surface area contributed by atoms with Crippen LogP contribution < -0.4 is 5.32 Å². The number of aryl methyl sites for hydroxylation is 2. The van der Waals surface area contributed by atoms with Gasteiger partial charge in [-0.3, -0.25) is 9.59 Å². The minimum atomic E-state index is -0.479. The zero-order valence-electron chi connectivity index (χ0n) is 16.1. The van der Waals surface area contributed by atoms with E-state index in [1.165, 1.54) is 24.2 Å². The number of ketones is 1. The Morgan fingerprint density at radius 2 is 1.82 bits per heavy atom. The van der Waals surface area contributed by atoms with E-state index in [-0.39, 0.29) is 11.7 Å². The van der Waals surface area contributed by atoms with Gasteiger partial charge in [0, 0.05) is 11.1 Å². The van der Waals surface area contributed by atoms with E-state index < -0.39 is 5.25 Å². The minimum Gasteiger partial charge on any atom is -0.411 e. The molecule has 0 spiro atoms. The van der Waals surface area contributed by atoms with E-state index in [1.54, 1.807) is 31.2 Å². The fourth-order valence-electron chi connectivity index (χ4n) is 2.59. The van der Waals surface area contributed by atoms with E-state index in [0.29, 0.717) is 22.4 Å². The Kier molecular flexibility index (Phi) is 5.94. The summed E-state index contributed by atoms with van der Waals surface area (Å²) < 4.78 is 5.70. The Balaban J connectivity index is 1.69. The van der Waals surface area contributed by atoms with Crippen LogP contribution in [0.4, 0.5) is 5.69 Å². The molecule has 0 radical (unpaired) electrons. The smallest absolute Gasteiger partial charge is 0.277 e. The van der Waals surface area contributed by atoms with Crippen LogP contribution in [0.25, 0.3) is 11.5 Å². The number of Topliss-reactive ketones (excluding diaryl/α,β-unsaturated/α-hetero) is 1. The molecule has 3 aromatic rings. The molecular weight excluding hydrogens is 374 g/mol. The van der Waals surface area contributed by atoms with Gasteiger partial charge in [0.2, 0.25) is 11.8 Å². The molecule has 7 heteroatoms. The third-order valence-electron chi connectivity index (χ3n) is 4.37. The fraction of sp³-hybridized carbons (Fsp3) is 0.238. The van der Waals surface area contributed by atoms with Crippen LogP contribution in [0, 0.1) is 13.8 Å². The van der Waals surface area contributed by atoms with E-state index in [0.717, 1.165) is 11.1 Å². The van der Waals surface area contributed by atoms with Gasteiger partial charge in [0.15, 0.2) is 5.78 Å². The van der Waals surface area contributed by atoms with Gasteiger partial charge in [-0.05, 0) is 63.1 Å². The van der Waals surface area contributed by atoms with Gasteiger partial charge in [-0.15, -0.1) is 10.2 Å². The summed E-state index contributed by atoms with van der Waals surface area (Å²) in [4.78, 5) is 24.2. The molecule has 1 amide bonds. The lowest BCUT2D eigenvalue weighted by atomic mass is 10.1. The first-order valence-corrected chi connectivity index (χ1v) is 9.71. The lowest BCUT2D eigenvalue weighted by Crippen LogP contribution is -2.23. The van der Waals surface area contributed by atoms with Crippen LogP contribution in [0.3, 0.4) is 0 Å². The van der Waals surface area contributed by atoms with Crippen molar-refractivity contribution in [3.05, 3.63) is 59.2 Å². The molecule has 0 fully saturated rings. The summed E-state index contributed by atoms with van der Waals surface area (Å²) in [6, 6.07) is 12.8. The summed E-state index contributed by atoms with van der Waals surface area (Å²) >= 11 is 1.17. The first-order chi connectivity index (χ1) is 13.3. The third-order valence-corrected chi connectivity index (χ3v) is 5.31. The Morgan fingerprint density at radius 1 is 1.07 bits per heavy atom. The normalized spacial score (nSPS) is 11.9. The van der Waals surface area contributed by atoms with Crippen LogP contribution in [0.15, 0.2) is 52.1 Å². The zero-order chi connectivity index (χ0) is 20.3. The van der Waals surface area contributed by atoms with E-state index in [2.05, 4.69) is 15.5 Å². The standard InChI is InChI=1S/C21H21N3O3S/c1-12-9-10-16(11-13(12)2)20-23-24-21(27-20)28-15(4)19(26)22-18-8-6-5-7-17(18)14(3)25/h5-11,15H,1-4H3,(H,22,26)/t15-/m1/s1. The molecule has 1 aromatic heterocycles. The second kappa shape index (κ2) is 8.39. The second-order valence-electron chi connectivity index (χ2n) is 6.52. The number of benzene rings is 2. The van der Waals surface area contributed by atoms with Crippen molar-refractivity contribution in [3.63, 3.8) is 0 Å². The predicted octanol–water partition coefficient (Wildman–Crippen LogP) is 4.68. The van der Waals surface area contributed by atoms with Crippen molar-refractivity contribution >= 4 is 29.1 Å². The average Bonchev–Trinajstić information content (AvgIpc) is 3.12. The van der Waals surface area contributed by atoms with E-state index in [1.807, 2.05) is 32.0 Å². The van der Waals surface area contributed by atoms with Crippen LogP contribution in [-0.4, -0.2) is 27.1 Å². The van der Waals surface area contributed by atoms with Crippen molar-refractivity contribution in [1.29, 1.82) is 0 Å². The third kappa shape index (κ3) is 4.48. The summed E-state index contributed by atoms with van der Waals surface area (Å²) in [5.74, 6) is 0.0657. The number of aromatic nitrogens is 2. The SMILES string of the molecule is CC(=O)c1ccccc1NC(=O)[C@@H](C)Sc1nnc(-c2ccc(C)c(C)c2)o1. The number of amides is 1. The van der Waals surface area contributed by atoms with Crippen LogP contribution in [-0.2, 0) is 4.79 Å². The van der Waals surface area contributed by atoms with Gasteiger partial charge in [0.05, 0.1) is 10.9 Å². The van der Waals surface area contributed by atoms with Crippen molar-refractivity contribution in [2.24, 2.45) is 0 Å². The number of thioether (sulfide) groups is 1. The number of nitrogens with zero attached hydrogens (tertiary/aromatic N) is 2.